The van der Waals surface area contributed by atoms with Gasteiger partial charge in [-0.1, -0.05) is 26.7 Å². The van der Waals surface area contributed by atoms with E-state index in [1.165, 1.54) is 12.1 Å². The molecule has 1 saturated carbocycles. The van der Waals surface area contributed by atoms with Gasteiger partial charge in [0.15, 0.2) is 5.78 Å². The van der Waals surface area contributed by atoms with Crippen molar-refractivity contribution in [3.8, 4) is 11.1 Å². The third-order valence-corrected chi connectivity index (χ3v) is 7.64. The Morgan fingerprint density at radius 3 is 2.53 bits per heavy atom. The van der Waals surface area contributed by atoms with Gasteiger partial charge in [-0.3, -0.25) is 9.78 Å². The van der Waals surface area contributed by atoms with Crippen molar-refractivity contribution in [2.24, 2.45) is 5.41 Å². The Morgan fingerprint density at radius 1 is 1.16 bits per heavy atom. The zero-order valence-electron chi connectivity index (χ0n) is 18.5. The highest BCUT2D eigenvalue weighted by molar-refractivity contribution is 7.08. The molecular weight excluding hydrogens is 421 g/mol. The number of hydrogen-bond acceptors (Lipinski definition) is 4. The van der Waals surface area contributed by atoms with Gasteiger partial charge in [-0.15, -0.1) is 0 Å². The number of aliphatic hydroxyl groups excluding tert-OH is 1. The molecule has 1 unspecified atom stereocenters. The molecule has 3 nitrogen and oxygen atoms in total. The normalized spacial score (nSPS) is 20.3. The number of carbonyl (C=O) groups is 1. The standard InChI is InChI=1S/C27H28FNO2S/c1-27(2)13-20-23(21(30)14-27)22(18-11-12-32-15-18)24(25(29-20)16-5-3-4-6-16)26(31)17-7-9-19(28)10-8-17/h7-12,15-16,21,30H,3-6,13-14H2,1-2H3. The Bertz CT molecular complexity index is 1150. The second kappa shape index (κ2) is 8.20. The van der Waals surface area contributed by atoms with Crippen molar-refractivity contribution in [1.29, 1.82) is 0 Å². The minimum absolute atomic E-state index is 0.0548. The molecule has 0 bridgehead atoms. The number of hydrogen-bond donors (Lipinski definition) is 1. The van der Waals surface area contributed by atoms with E-state index in [4.69, 9.17) is 4.98 Å². The number of pyridine rings is 1. The Labute approximate surface area is 192 Å². The highest BCUT2D eigenvalue weighted by atomic mass is 32.1. The molecule has 5 rings (SSSR count). The molecule has 0 aliphatic heterocycles. The van der Waals surface area contributed by atoms with E-state index in [2.05, 4.69) is 13.8 Å². The SMILES string of the molecule is CC1(C)Cc2nc(C3CCCC3)c(C(=O)c3ccc(F)cc3)c(-c3ccsc3)c2C(O)C1. The smallest absolute Gasteiger partial charge is 0.195 e. The van der Waals surface area contributed by atoms with Gasteiger partial charge >= 0.3 is 0 Å². The fourth-order valence-electron chi connectivity index (χ4n) is 5.49. The van der Waals surface area contributed by atoms with Crippen molar-refractivity contribution in [3.63, 3.8) is 0 Å². The van der Waals surface area contributed by atoms with Crippen molar-refractivity contribution < 1.29 is 14.3 Å². The van der Waals surface area contributed by atoms with Crippen LogP contribution in [0.1, 0.15) is 90.8 Å². The number of carbonyl (C=O) groups excluding carboxylic acids is 1. The first-order valence-electron chi connectivity index (χ1n) is 11.4. The van der Waals surface area contributed by atoms with Gasteiger partial charge in [0.25, 0.3) is 0 Å². The monoisotopic (exact) mass is 449 g/mol. The molecule has 2 heterocycles. The lowest BCUT2D eigenvalue weighted by atomic mass is 9.71. The molecule has 5 heteroatoms. The second-order valence-corrected chi connectivity index (χ2v) is 10.8. The summed E-state index contributed by atoms with van der Waals surface area (Å²) in [6.07, 6.45) is 5.04. The number of fused-ring (bicyclic) bond motifs is 1. The molecule has 1 fully saturated rings. The van der Waals surface area contributed by atoms with Gasteiger partial charge in [-0.2, -0.15) is 11.3 Å². The van der Waals surface area contributed by atoms with E-state index in [-0.39, 0.29) is 22.9 Å². The number of aromatic nitrogens is 1. The fraction of sp³-hybridized carbons (Fsp3) is 0.407. The molecule has 166 valence electrons. The van der Waals surface area contributed by atoms with E-state index in [1.807, 2.05) is 16.8 Å². The summed E-state index contributed by atoms with van der Waals surface area (Å²) in [7, 11) is 0. The molecule has 32 heavy (non-hydrogen) atoms. The van der Waals surface area contributed by atoms with Crippen LogP contribution < -0.4 is 0 Å². The molecule has 1 N–H and O–H groups in total. The summed E-state index contributed by atoms with van der Waals surface area (Å²) in [4.78, 5) is 19.1. The van der Waals surface area contributed by atoms with Crippen LogP contribution in [0.4, 0.5) is 4.39 Å². The molecule has 0 amide bonds. The van der Waals surface area contributed by atoms with Gasteiger partial charge in [-0.05, 0) is 77.8 Å². The summed E-state index contributed by atoms with van der Waals surface area (Å²) < 4.78 is 13.6. The molecule has 0 saturated heterocycles. The molecule has 1 atom stereocenters. The average molecular weight is 450 g/mol. The number of ketones is 1. The minimum Gasteiger partial charge on any atom is -0.388 e. The number of halogens is 1. The lowest BCUT2D eigenvalue weighted by Crippen LogP contribution is -2.29. The zero-order valence-corrected chi connectivity index (χ0v) is 19.3. The van der Waals surface area contributed by atoms with Gasteiger partial charge in [0.05, 0.1) is 17.4 Å². The summed E-state index contributed by atoms with van der Waals surface area (Å²) in [5, 5.41) is 15.3. The topological polar surface area (TPSA) is 50.2 Å². The molecule has 1 aromatic carbocycles. The predicted molar refractivity (Wildman–Crippen MR) is 126 cm³/mol. The first-order valence-corrected chi connectivity index (χ1v) is 12.4. The maximum absolute atomic E-state index is 13.9. The van der Waals surface area contributed by atoms with Crippen LogP contribution in [0.25, 0.3) is 11.1 Å². The Balaban J connectivity index is 1.81. The number of nitrogens with zero attached hydrogens (tertiary/aromatic N) is 1. The largest absolute Gasteiger partial charge is 0.388 e. The van der Waals surface area contributed by atoms with Crippen molar-refractivity contribution >= 4 is 17.1 Å². The highest BCUT2D eigenvalue weighted by Gasteiger charge is 2.38. The summed E-state index contributed by atoms with van der Waals surface area (Å²) >= 11 is 1.58. The van der Waals surface area contributed by atoms with Crippen LogP contribution in [0.2, 0.25) is 0 Å². The van der Waals surface area contributed by atoms with Crippen molar-refractivity contribution in [1.82, 2.24) is 4.98 Å². The van der Waals surface area contributed by atoms with E-state index in [0.29, 0.717) is 17.5 Å². The van der Waals surface area contributed by atoms with E-state index < -0.39 is 6.10 Å². The van der Waals surface area contributed by atoms with Crippen molar-refractivity contribution in [2.75, 3.05) is 0 Å². The highest BCUT2D eigenvalue weighted by Crippen LogP contribution is 2.48. The molecule has 2 aliphatic rings. The zero-order chi connectivity index (χ0) is 22.5. The summed E-state index contributed by atoms with van der Waals surface area (Å²) in [5.41, 5.74) is 5.37. The van der Waals surface area contributed by atoms with Crippen LogP contribution in [-0.4, -0.2) is 15.9 Å². The summed E-state index contributed by atoms with van der Waals surface area (Å²) in [6.45, 7) is 4.33. The van der Waals surface area contributed by atoms with E-state index >= 15 is 0 Å². The third-order valence-electron chi connectivity index (χ3n) is 6.95. The predicted octanol–water partition coefficient (Wildman–Crippen LogP) is 6.84. The number of aliphatic hydroxyl groups is 1. The Hall–Kier alpha value is -2.37. The maximum atomic E-state index is 13.9. The molecule has 2 aromatic heterocycles. The molecular formula is C27H28FNO2S. The van der Waals surface area contributed by atoms with Gasteiger partial charge < -0.3 is 5.11 Å². The number of benzene rings is 1. The van der Waals surface area contributed by atoms with Crippen LogP contribution in [0.5, 0.6) is 0 Å². The summed E-state index contributed by atoms with van der Waals surface area (Å²) in [6, 6.07) is 7.78. The third kappa shape index (κ3) is 3.82. The number of rotatable bonds is 4. The van der Waals surface area contributed by atoms with Crippen molar-refractivity contribution in [3.05, 3.63) is 75.0 Å². The molecule has 0 radical (unpaired) electrons. The maximum Gasteiger partial charge on any atom is 0.195 e. The van der Waals surface area contributed by atoms with E-state index in [0.717, 1.165) is 60.2 Å². The number of thiophene rings is 1. The first-order chi connectivity index (χ1) is 15.3. The molecule has 0 spiro atoms. The minimum atomic E-state index is -0.673. The second-order valence-electron chi connectivity index (χ2n) is 10.00. The van der Waals surface area contributed by atoms with Crippen LogP contribution in [0.15, 0.2) is 41.1 Å². The van der Waals surface area contributed by atoms with Crippen LogP contribution >= 0.6 is 11.3 Å². The van der Waals surface area contributed by atoms with Crippen LogP contribution in [-0.2, 0) is 6.42 Å². The Morgan fingerprint density at radius 2 is 1.88 bits per heavy atom. The van der Waals surface area contributed by atoms with E-state index in [1.54, 1.807) is 23.5 Å². The van der Waals surface area contributed by atoms with Crippen LogP contribution in [0.3, 0.4) is 0 Å². The summed E-state index contributed by atoms with van der Waals surface area (Å²) in [5.74, 6) is -0.267. The quantitative estimate of drug-likeness (QED) is 0.444. The van der Waals surface area contributed by atoms with Gasteiger partial charge in [0, 0.05) is 28.3 Å². The molecule has 3 aromatic rings. The Kier molecular flexibility index (Phi) is 5.50. The van der Waals surface area contributed by atoms with Gasteiger partial charge in [0.2, 0.25) is 0 Å². The van der Waals surface area contributed by atoms with Gasteiger partial charge in [0.1, 0.15) is 5.82 Å². The van der Waals surface area contributed by atoms with Crippen LogP contribution in [0, 0.1) is 11.2 Å². The van der Waals surface area contributed by atoms with Crippen molar-refractivity contribution in [2.45, 2.75) is 64.4 Å². The lowest BCUT2D eigenvalue weighted by molar-refractivity contribution is 0.0979. The molecule has 2 aliphatic carbocycles. The van der Waals surface area contributed by atoms with Gasteiger partial charge in [-0.25, -0.2) is 4.39 Å². The van der Waals surface area contributed by atoms with E-state index in [9.17, 15) is 14.3 Å². The first kappa shape index (κ1) is 21.5. The average Bonchev–Trinajstić information content (AvgIpc) is 3.46. The fourth-order valence-corrected chi connectivity index (χ4v) is 6.14. The lowest BCUT2D eigenvalue weighted by Gasteiger charge is -2.36.